The third-order valence-electron chi connectivity index (χ3n) is 5.08. The maximum atomic E-state index is 12.7. The molecular formula is C20H28N3O3S2+. The quantitative estimate of drug-likeness (QED) is 0.685. The normalized spacial score (nSPS) is 16.2. The topological polar surface area (TPSA) is 62.1 Å². The number of likely N-dealkylation sites (N-methyl/N-ethyl adjacent to an activating group) is 1. The van der Waals surface area contributed by atoms with Crippen molar-refractivity contribution >= 4 is 27.3 Å². The lowest BCUT2D eigenvalue weighted by atomic mass is 10.2. The van der Waals surface area contributed by atoms with E-state index in [1.807, 2.05) is 59.7 Å². The molecule has 1 aromatic carbocycles. The fourth-order valence-corrected chi connectivity index (χ4v) is 5.68. The largest absolute Gasteiger partial charge is 0.333 e. The molecule has 8 heteroatoms. The maximum absolute atomic E-state index is 12.7. The molecule has 1 N–H and O–H groups in total. The molecule has 1 aliphatic rings. The SMILES string of the molecule is CCN(Cc1cccs1)C(=O)C[NH+]1CCN(S(=O)(=O)Cc2ccccc2)CC1. The first-order valence-electron chi connectivity index (χ1n) is 9.63. The van der Waals surface area contributed by atoms with Gasteiger partial charge in [0.15, 0.2) is 6.54 Å². The van der Waals surface area contributed by atoms with Crippen molar-refractivity contribution in [2.45, 2.75) is 19.2 Å². The van der Waals surface area contributed by atoms with Crippen molar-refractivity contribution in [3.8, 4) is 0 Å². The van der Waals surface area contributed by atoms with Gasteiger partial charge in [0.25, 0.3) is 5.91 Å². The monoisotopic (exact) mass is 422 g/mol. The van der Waals surface area contributed by atoms with Crippen LogP contribution in [0.2, 0.25) is 0 Å². The summed E-state index contributed by atoms with van der Waals surface area (Å²) in [6.07, 6.45) is 0. The first-order chi connectivity index (χ1) is 13.5. The van der Waals surface area contributed by atoms with Gasteiger partial charge in [0, 0.05) is 11.4 Å². The van der Waals surface area contributed by atoms with Gasteiger partial charge in [-0.2, -0.15) is 4.31 Å². The highest BCUT2D eigenvalue weighted by Crippen LogP contribution is 2.12. The highest BCUT2D eigenvalue weighted by atomic mass is 32.2. The van der Waals surface area contributed by atoms with Gasteiger partial charge in [-0.3, -0.25) is 4.79 Å². The molecule has 2 heterocycles. The lowest BCUT2D eigenvalue weighted by Crippen LogP contribution is -3.15. The van der Waals surface area contributed by atoms with Gasteiger partial charge < -0.3 is 9.80 Å². The van der Waals surface area contributed by atoms with Crippen molar-refractivity contribution in [1.29, 1.82) is 0 Å². The van der Waals surface area contributed by atoms with E-state index in [9.17, 15) is 13.2 Å². The van der Waals surface area contributed by atoms with Crippen molar-refractivity contribution in [3.63, 3.8) is 0 Å². The number of carbonyl (C=O) groups is 1. The number of amides is 1. The molecule has 0 unspecified atom stereocenters. The van der Waals surface area contributed by atoms with Gasteiger partial charge in [0.1, 0.15) is 0 Å². The third-order valence-corrected chi connectivity index (χ3v) is 7.79. The molecule has 2 aromatic rings. The van der Waals surface area contributed by atoms with Gasteiger partial charge in [-0.1, -0.05) is 36.4 Å². The van der Waals surface area contributed by atoms with E-state index in [0.717, 1.165) is 10.5 Å². The number of rotatable bonds is 8. The van der Waals surface area contributed by atoms with Crippen molar-refractivity contribution in [2.75, 3.05) is 39.3 Å². The number of hydrogen-bond donors (Lipinski definition) is 1. The predicted octanol–water partition coefficient (Wildman–Crippen LogP) is 0.827. The molecule has 0 radical (unpaired) electrons. The van der Waals surface area contributed by atoms with Crippen LogP contribution >= 0.6 is 11.3 Å². The molecule has 0 bridgehead atoms. The van der Waals surface area contributed by atoms with Crippen LogP contribution in [0.5, 0.6) is 0 Å². The molecule has 1 saturated heterocycles. The summed E-state index contributed by atoms with van der Waals surface area (Å²) in [4.78, 5) is 16.9. The van der Waals surface area contributed by atoms with Crippen LogP contribution in [0.4, 0.5) is 0 Å². The Morgan fingerprint density at radius 3 is 2.46 bits per heavy atom. The molecule has 0 aliphatic carbocycles. The van der Waals surface area contributed by atoms with Crippen LogP contribution in [-0.4, -0.2) is 62.8 Å². The maximum Gasteiger partial charge on any atom is 0.278 e. The summed E-state index contributed by atoms with van der Waals surface area (Å²) in [5, 5.41) is 2.02. The standard InChI is InChI=1S/C20H27N3O3S2/c1-2-22(15-19-9-6-14-27-19)20(24)16-21-10-12-23(13-11-21)28(25,26)17-18-7-4-3-5-8-18/h3-9,14H,2,10-13,15-17H2,1H3/p+1. The average molecular weight is 423 g/mol. The van der Waals surface area contributed by atoms with E-state index < -0.39 is 10.0 Å². The van der Waals surface area contributed by atoms with E-state index >= 15 is 0 Å². The zero-order valence-electron chi connectivity index (χ0n) is 16.2. The molecule has 1 aromatic heterocycles. The Bertz CT molecular complexity index is 846. The highest BCUT2D eigenvalue weighted by Gasteiger charge is 2.30. The van der Waals surface area contributed by atoms with Crippen molar-refractivity contribution in [2.24, 2.45) is 0 Å². The summed E-state index contributed by atoms with van der Waals surface area (Å²) >= 11 is 1.66. The van der Waals surface area contributed by atoms with Gasteiger partial charge in [-0.25, -0.2) is 8.42 Å². The molecular weight excluding hydrogens is 394 g/mol. The first-order valence-corrected chi connectivity index (χ1v) is 12.1. The summed E-state index contributed by atoms with van der Waals surface area (Å²) in [5.74, 6) is 0.165. The zero-order valence-corrected chi connectivity index (χ0v) is 17.8. The molecule has 1 aliphatic heterocycles. The molecule has 6 nitrogen and oxygen atoms in total. The Morgan fingerprint density at radius 1 is 1.14 bits per heavy atom. The van der Waals surface area contributed by atoms with Gasteiger partial charge in [0.2, 0.25) is 10.0 Å². The number of nitrogens with zero attached hydrogens (tertiary/aromatic N) is 2. The Hall–Kier alpha value is -1.74. The lowest BCUT2D eigenvalue weighted by molar-refractivity contribution is -0.896. The van der Waals surface area contributed by atoms with Gasteiger partial charge in [0.05, 0.1) is 38.5 Å². The van der Waals surface area contributed by atoms with E-state index in [0.29, 0.717) is 45.8 Å². The molecule has 1 fully saturated rings. The molecule has 0 atom stereocenters. The minimum absolute atomic E-state index is 0.0343. The second-order valence-electron chi connectivity index (χ2n) is 7.05. The molecule has 3 rings (SSSR count). The number of sulfonamides is 1. The molecule has 152 valence electrons. The molecule has 0 spiro atoms. The molecule has 28 heavy (non-hydrogen) atoms. The number of hydrogen-bond acceptors (Lipinski definition) is 4. The van der Waals surface area contributed by atoms with Crippen LogP contribution in [0.15, 0.2) is 47.8 Å². The van der Waals surface area contributed by atoms with E-state index in [1.165, 1.54) is 4.88 Å². The highest BCUT2D eigenvalue weighted by molar-refractivity contribution is 7.88. The number of piperazine rings is 1. The van der Waals surface area contributed by atoms with E-state index in [2.05, 4.69) is 0 Å². The molecule has 1 amide bonds. The first kappa shape index (κ1) is 21.0. The number of thiophene rings is 1. The van der Waals surface area contributed by atoms with Gasteiger partial charge in [-0.15, -0.1) is 11.3 Å². The summed E-state index contributed by atoms with van der Waals surface area (Å²) in [6.45, 7) is 6.01. The van der Waals surface area contributed by atoms with Gasteiger partial charge >= 0.3 is 0 Å². The Morgan fingerprint density at radius 2 is 1.86 bits per heavy atom. The van der Waals surface area contributed by atoms with E-state index in [1.54, 1.807) is 15.6 Å². The summed E-state index contributed by atoms with van der Waals surface area (Å²) < 4.78 is 26.9. The Kier molecular flexibility index (Phi) is 7.23. The van der Waals surface area contributed by atoms with Crippen LogP contribution < -0.4 is 4.90 Å². The van der Waals surface area contributed by atoms with Crippen LogP contribution in [0.25, 0.3) is 0 Å². The minimum atomic E-state index is -3.32. The summed E-state index contributed by atoms with van der Waals surface area (Å²) in [7, 11) is -3.32. The number of carbonyl (C=O) groups excluding carboxylic acids is 1. The second-order valence-corrected chi connectivity index (χ2v) is 10.1. The van der Waals surface area contributed by atoms with Crippen LogP contribution in [0.1, 0.15) is 17.4 Å². The smallest absolute Gasteiger partial charge is 0.278 e. The summed E-state index contributed by atoms with van der Waals surface area (Å²) in [5.41, 5.74) is 0.805. The predicted molar refractivity (Wildman–Crippen MR) is 112 cm³/mol. The van der Waals surface area contributed by atoms with Crippen LogP contribution in [0.3, 0.4) is 0 Å². The fourth-order valence-electron chi connectivity index (χ4n) is 3.43. The van der Waals surface area contributed by atoms with Crippen LogP contribution in [0, 0.1) is 0 Å². The lowest BCUT2D eigenvalue weighted by Gasteiger charge is -2.32. The van der Waals surface area contributed by atoms with E-state index in [4.69, 9.17) is 0 Å². The second kappa shape index (κ2) is 9.65. The van der Waals surface area contributed by atoms with Crippen molar-refractivity contribution in [1.82, 2.24) is 9.21 Å². The summed E-state index contributed by atoms with van der Waals surface area (Å²) in [6, 6.07) is 13.3. The number of benzene rings is 1. The fraction of sp³-hybridized carbons (Fsp3) is 0.450. The Balaban J connectivity index is 1.50. The van der Waals surface area contributed by atoms with Crippen molar-refractivity contribution < 1.29 is 18.1 Å². The molecule has 0 saturated carbocycles. The average Bonchev–Trinajstić information content (AvgIpc) is 3.20. The van der Waals surface area contributed by atoms with E-state index in [-0.39, 0.29) is 11.7 Å². The number of nitrogens with one attached hydrogen (secondary N) is 1. The Labute approximate surface area is 171 Å². The van der Waals surface area contributed by atoms with Crippen molar-refractivity contribution in [3.05, 3.63) is 58.3 Å². The zero-order chi connectivity index (χ0) is 20.0. The number of quaternary nitrogens is 1. The van der Waals surface area contributed by atoms with Gasteiger partial charge in [-0.05, 0) is 23.9 Å². The van der Waals surface area contributed by atoms with Crippen LogP contribution in [-0.2, 0) is 27.1 Å². The minimum Gasteiger partial charge on any atom is -0.333 e. The third kappa shape index (κ3) is 5.64.